The average molecular weight is 300 g/mol. The zero-order valence-corrected chi connectivity index (χ0v) is 10.9. The molecule has 0 saturated carbocycles. The number of carbonyl (C=O) groups excluding carboxylic acids is 1. The lowest BCUT2D eigenvalue weighted by molar-refractivity contribution is 0.0698. The van der Waals surface area contributed by atoms with E-state index in [1.807, 2.05) is 0 Å². The molecule has 1 aromatic heterocycles. The van der Waals surface area contributed by atoms with Crippen molar-refractivity contribution in [3.63, 3.8) is 0 Å². The molecule has 0 spiro atoms. The van der Waals surface area contributed by atoms with Crippen molar-refractivity contribution < 1.29 is 19.1 Å². The minimum absolute atomic E-state index is 0.0223. The Morgan fingerprint density at radius 2 is 2.00 bits per heavy atom. The highest BCUT2D eigenvalue weighted by Gasteiger charge is 2.17. The molecule has 1 heterocycles. The van der Waals surface area contributed by atoms with Gasteiger partial charge in [-0.25, -0.2) is 9.18 Å². The fraction of sp³-hybridized carbons (Fsp3) is 0. The topological polar surface area (TPSA) is 66.4 Å². The van der Waals surface area contributed by atoms with E-state index in [1.54, 1.807) is 0 Å². The number of carboxylic acid groups (broad SMARTS) is 1. The first-order chi connectivity index (χ1) is 9.00. The van der Waals surface area contributed by atoms with E-state index in [9.17, 15) is 14.0 Å². The normalized spacial score (nSPS) is 10.2. The predicted molar refractivity (Wildman–Crippen MR) is 70.6 cm³/mol. The Hall–Kier alpha value is -1.92. The van der Waals surface area contributed by atoms with E-state index in [4.69, 9.17) is 16.7 Å². The Balaban J connectivity index is 2.29. The van der Waals surface area contributed by atoms with E-state index in [1.165, 1.54) is 23.6 Å². The van der Waals surface area contributed by atoms with Crippen LogP contribution in [0.5, 0.6) is 0 Å². The van der Waals surface area contributed by atoms with Gasteiger partial charge in [-0.1, -0.05) is 17.7 Å². The van der Waals surface area contributed by atoms with Crippen LogP contribution in [0.25, 0.3) is 0 Å². The number of rotatable bonds is 3. The Morgan fingerprint density at radius 3 is 2.68 bits per heavy atom. The van der Waals surface area contributed by atoms with Crippen molar-refractivity contribution in [2.45, 2.75) is 0 Å². The third kappa shape index (κ3) is 2.74. The summed E-state index contributed by atoms with van der Waals surface area (Å²) in [7, 11) is 0. The summed E-state index contributed by atoms with van der Waals surface area (Å²) in [5.74, 6) is -2.52. The van der Waals surface area contributed by atoms with Gasteiger partial charge in [-0.2, -0.15) is 0 Å². The lowest BCUT2D eigenvalue weighted by atomic mass is 10.2. The monoisotopic (exact) mass is 299 g/mol. The molecule has 0 unspecified atom stereocenters. The molecule has 0 fully saturated rings. The fourth-order valence-corrected chi connectivity index (χ4v) is 2.41. The van der Waals surface area contributed by atoms with Crippen molar-refractivity contribution in [1.29, 1.82) is 0 Å². The molecule has 0 aliphatic rings. The highest BCUT2D eigenvalue weighted by atomic mass is 35.5. The van der Waals surface area contributed by atoms with Crippen LogP contribution in [0.3, 0.4) is 0 Å². The van der Waals surface area contributed by atoms with Crippen LogP contribution in [-0.2, 0) is 0 Å². The molecule has 7 heteroatoms. The number of amides is 1. The smallest absolute Gasteiger partial charge is 0.338 e. The number of halogens is 2. The molecule has 0 saturated heterocycles. The van der Waals surface area contributed by atoms with Gasteiger partial charge < -0.3 is 10.4 Å². The van der Waals surface area contributed by atoms with Crippen LogP contribution in [0, 0.1) is 5.82 Å². The molecule has 0 aliphatic carbocycles. The van der Waals surface area contributed by atoms with Gasteiger partial charge in [0.25, 0.3) is 5.91 Å². The minimum atomic E-state index is -1.15. The Bertz CT molecular complexity index is 656. The molecule has 19 heavy (non-hydrogen) atoms. The van der Waals surface area contributed by atoms with Gasteiger partial charge in [0.15, 0.2) is 0 Å². The van der Waals surface area contributed by atoms with E-state index < -0.39 is 17.7 Å². The van der Waals surface area contributed by atoms with Crippen molar-refractivity contribution in [2.75, 3.05) is 5.32 Å². The molecule has 1 aromatic carbocycles. The molecule has 2 aromatic rings. The minimum Gasteiger partial charge on any atom is -0.478 e. The van der Waals surface area contributed by atoms with E-state index in [-0.39, 0.29) is 21.2 Å². The van der Waals surface area contributed by atoms with Gasteiger partial charge >= 0.3 is 5.97 Å². The van der Waals surface area contributed by atoms with E-state index >= 15 is 0 Å². The van der Waals surface area contributed by atoms with Gasteiger partial charge in [0.2, 0.25) is 0 Å². The maximum absolute atomic E-state index is 13.2. The fourth-order valence-electron chi connectivity index (χ4n) is 1.42. The van der Waals surface area contributed by atoms with Crippen LogP contribution in [0.15, 0.2) is 29.6 Å². The number of hydrogen-bond acceptors (Lipinski definition) is 3. The van der Waals surface area contributed by atoms with Gasteiger partial charge in [-0.15, -0.1) is 11.3 Å². The Kier molecular flexibility index (Phi) is 3.82. The number of nitrogens with one attached hydrogen (secondary N) is 1. The summed E-state index contributed by atoms with van der Waals surface area (Å²) in [6.45, 7) is 0. The van der Waals surface area contributed by atoms with Crippen LogP contribution in [0.4, 0.5) is 9.39 Å². The number of benzene rings is 1. The molecule has 0 aliphatic heterocycles. The molecule has 2 N–H and O–H groups in total. The first-order valence-electron chi connectivity index (χ1n) is 5.07. The standard InChI is InChI=1S/C12H7ClFNO3S/c13-9-6(2-1-3-8(9)14)10(16)15-11-7(12(17)18)4-5-19-11/h1-5H,(H,15,16)(H,17,18). The SMILES string of the molecule is O=C(O)c1ccsc1NC(=O)c1cccc(F)c1Cl. The molecule has 0 radical (unpaired) electrons. The first-order valence-corrected chi connectivity index (χ1v) is 6.32. The lowest BCUT2D eigenvalue weighted by Gasteiger charge is -2.06. The Morgan fingerprint density at radius 1 is 1.26 bits per heavy atom. The number of carbonyl (C=O) groups is 2. The quantitative estimate of drug-likeness (QED) is 0.911. The van der Waals surface area contributed by atoms with Gasteiger partial charge in [0, 0.05) is 0 Å². The molecule has 0 bridgehead atoms. The number of anilines is 1. The number of carboxylic acids is 1. The van der Waals surface area contributed by atoms with Crippen molar-refractivity contribution in [1.82, 2.24) is 0 Å². The van der Waals surface area contributed by atoms with Crippen molar-refractivity contribution >= 4 is 39.8 Å². The first kappa shape index (κ1) is 13.5. The molecule has 1 amide bonds. The highest BCUT2D eigenvalue weighted by Crippen LogP contribution is 2.26. The molecular weight excluding hydrogens is 293 g/mol. The second-order valence-corrected chi connectivity index (χ2v) is 4.82. The zero-order chi connectivity index (χ0) is 14.0. The van der Waals surface area contributed by atoms with Gasteiger partial charge in [-0.05, 0) is 23.6 Å². The maximum Gasteiger partial charge on any atom is 0.338 e. The van der Waals surface area contributed by atoms with Crippen LogP contribution in [-0.4, -0.2) is 17.0 Å². The number of hydrogen-bond donors (Lipinski definition) is 2. The van der Waals surface area contributed by atoms with Crippen molar-refractivity contribution in [2.24, 2.45) is 0 Å². The summed E-state index contributed by atoms with van der Waals surface area (Å²) in [6, 6.07) is 5.21. The van der Waals surface area contributed by atoms with Crippen molar-refractivity contribution in [3.8, 4) is 0 Å². The average Bonchev–Trinajstić information content (AvgIpc) is 2.80. The molecule has 2 rings (SSSR count). The number of aromatic carboxylic acids is 1. The summed E-state index contributed by atoms with van der Waals surface area (Å²) in [6.07, 6.45) is 0. The van der Waals surface area contributed by atoms with Crippen LogP contribution < -0.4 is 5.32 Å². The third-order valence-electron chi connectivity index (χ3n) is 2.32. The largest absolute Gasteiger partial charge is 0.478 e. The third-order valence-corrected chi connectivity index (χ3v) is 3.53. The van der Waals surface area contributed by atoms with E-state index in [0.29, 0.717) is 0 Å². The van der Waals surface area contributed by atoms with Gasteiger partial charge in [0.1, 0.15) is 10.8 Å². The molecule has 98 valence electrons. The maximum atomic E-state index is 13.2. The summed E-state index contributed by atoms with van der Waals surface area (Å²) in [5, 5.41) is 12.7. The second-order valence-electron chi connectivity index (χ2n) is 3.52. The second kappa shape index (κ2) is 5.38. The number of thiophene rings is 1. The Labute approximate surface area is 116 Å². The van der Waals surface area contributed by atoms with Crippen molar-refractivity contribution in [3.05, 3.63) is 51.6 Å². The van der Waals surface area contributed by atoms with Gasteiger partial charge in [-0.3, -0.25) is 4.79 Å². The van der Waals surface area contributed by atoms with Crippen LogP contribution >= 0.6 is 22.9 Å². The molecule has 0 atom stereocenters. The summed E-state index contributed by atoms with van der Waals surface area (Å²) < 4.78 is 13.2. The highest BCUT2D eigenvalue weighted by molar-refractivity contribution is 7.14. The molecule has 4 nitrogen and oxygen atoms in total. The van der Waals surface area contributed by atoms with E-state index in [2.05, 4.69) is 5.32 Å². The summed E-state index contributed by atoms with van der Waals surface area (Å²) >= 11 is 6.74. The van der Waals surface area contributed by atoms with Crippen LogP contribution in [0.2, 0.25) is 5.02 Å². The zero-order valence-electron chi connectivity index (χ0n) is 9.31. The summed E-state index contributed by atoms with van der Waals surface area (Å²) in [4.78, 5) is 22.8. The molecular formula is C12H7ClFNO3S. The lowest BCUT2D eigenvalue weighted by Crippen LogP contribution is -2.14. The summed E-state index contributed by atoms with van der Waals surface area (Å²) in [5.41, 5.74) is -0.0720. The van der Waals surface area contributed by atoms with Crippen LogP contribution in [0.1, 0.15) is 20.7 Å². The van der Waals surface area contributed by atoms with Gasteiger partial charge in [0.05, 0.1) is 16.1 Å². The van der Waals surface area contributed by atoms with E-state index in [0.717, 1.165) is 17.4 Å². The predicted octanol–water partition coefficient (Wildman–Crippen LogP) is 3.49.